The third kappa shape index (κ3) is 0.921. The Morgan fingerprint density at radius 2 is 1.67 bits per heavy atom. The van der Waals surface area contributed by atoms with Crippen LogP contribution in [-0.2, 0) is 9.59 Å². The van der Waals surface area contributed by atoms with Crippen molar-refractivity contribution in [2.24, 2.45) is 34.0 Å². The largest absolute Gasteiger partial charge is 0.391 e. The Bertz CT molecular complexity index is 466. The third-order valence-corrected chi connectivity index (χ3v) is 6.68. The average Bonchev–Trinajstić information content (AvgIpc) is 2.27. The fourth-order valence-electron chi connectivity index (χ4n) is 5.23. The van der Waals surface area contributed by atoms with E-state index in [0.717, 1.165) is 6.42 Å². The smallest absolute Gasteiger partial charge is 0.152 e. The van der Waals surface area contributed by atoms with Crippen LogP contribution in [0.25, 0.3) is 0 Å². The molecule has 4 fully saturated rings. The van der Waals surface area contributed by atoms with Crippen molar-refractivity contribution in [3.63, 3.8) is 0 Å². The maximum absolute atomic E-state index is 12.7. The van der Waals surface area contributed by atoms with E-state index in [0.29, 0.717) is 5.92 Å². The van der Waals surface area contributed by atoms with Crippen molar-refractivity contribution in [3.8, 4) is 0 Å². The summed E-state index contributed by atoms with van der Waals surface area (Å²) in [6.07, 6.45) is -0.0934. The topological polar surface area (TPSA) is 54.4 Å². The maximum atomic E-state index is 12.7. The number of aliphatic hydroxyl groups excluding tert-OH is 1. The SMILES string of the molecule is C[C@@H]1[C@@H]2C[C@@]3(C)C(=O)[C@H](C(=O)[C@]1(C)[C@H]3O)C2(C)C. The summed E-state index contributed by atoms with van der Waals surface area (Å²) in [5.41, 5.74) is -1.70. The summed E-state index contributed by atoms with van der Waals surface area (Å²) in [7, 11) is 0. The molecule has 4 bridgehead atoms. The van der Waals surface area contributed by atoms with Crippen LogP contribution in [0.4, 0.5) is 0 Å². The lowest BCUT2D eigenvalue weighted by Crippen LogP contribution is -2.76. The van der Waals surface area contributed by atoms with Gasteiger partial charge in [0.2, 0.25) is 0 Å². The van der Waals surface area contributed by atoms with Gasteiger partial charge in [-0.15, -0.1) is 0 Å². The molecule has 0 spiro atoms. The number of carbonyl (C=O) groups is 2. The quantitative estimate of drug-likeness (QED) is 0.667. The van der Waals surface area contributed by atoms with Gasteiger partial charge < -0.3 is 5.11 Å². The first-order valence-corrected chi connectivity index (χ1v) is 6.86. The van der Waals surface area contributed by atoms with E-state index in [-0.39, 0.29) is 22.9 Å². The molecule has 4 aliphatic rings. The minimum atomic E-state index is -0.816. The van der Waals surface area contributed by atoms with Crippen LogP contribution in [0.15, 0.2) is 0 Å². The van der Waals surface area contributed by atoms with Gasteiger partial charge in [0.25, 0.3) is 0 Å². The second-order valence-electron chi connectivity index (χ2n) is 7.68. The van der Waals surface area contributed by atoms with Crippen LogP contribution in [0, 0.1) is 34.0 Å². The van der Waals surface area contributed by atoms with Gasteiger partial charge in [-0.25, -0.2) is 0 Å². The molecule has 4 aliphatic carbocycles. The molecule has 0 aromatic carbocycles. The Morgan fingerprint density at radius 3 is 2.22 bits per heavy atom. The van der Waals surface area contributed by atoms with Crippen LogP contribution in [-0.4, -0.2) is 22.8 Å². The number of hydrogen-bond acceptors (Lipinski definition) is 3. The van der Waals surface area contributed by atoms with Crippen molar-refractivity contribution in [1.82, 2.24) is 0 Å². The van der Waals surface area contributed by atoms with Crippen LogP contribution in [0.2, 0.25) is 0 Å². The van der Waals surface area contributed by atoms with Crippen molar-refractivity contribution in [2.45, 2.75) is 47.1 Å². The zero-order chi connectivity index (χ0) is 13.7. The minimum Gasteiger partial charge on any atom is -0.391 e. The molecule has 1 N–H and O–H groups in total. The van der Waals surface area contributed by atoms with Crippen LogP contribution in [0.5, 0.6) is 0 Å². The van der Waals surface area contributed by atoms with Gasteiger partial charge >= 0.3 is 0 Å². The second-order valence-corrected chi connectivity index (χ2v) is 7.68. The molecule has 0 radical (unpaired) electrons. The lowest BCUT2D eigenvalue weighted by atomic mass is 9.33. The second kappa shape index (κ2) is 2.90. The highest BCUT2D eigenvalue weighted by molar-refractivity contribution is 6.12. The molecule has 0 heterocycles. The van der Waals surface area contributed by atoms with Gasteiger partial charge in [0.15, 0.2) is 11.6 Å². The summed E-state index contributed by atoms with van der Waals surface area (Å²) in [6.45, 7) is 9.88. The molecule has 0 aromatic heterocycles. The van der Waals surface area contributed by atoms with Crippen molar-refractivity contribution in [2.75, 3.05) is 0 Å². The third-order valence-electron chi connectivity index (χ3n) is 6.68. The Labute approximate surface area is 108 Å². The molecule has 4 rings (SSSR count). The van der Waals surface area contributed by atoms with Crippen molar-refractivity contribution < 1.29 is 14.7 Å². The molecule has 0 saturated heterocycles. The summed E-state index contributed by atoms with van der Waals surface area (Å²) in [5, 5.41) is 10.6. The first-order valence-electron chi connectivity index (χ1n) is 6.86. The standard InChI is InChI=1S/C15H22O3/c1-7-8-6-14(4)10(16)9(13(8,2)3)11(17)15(7,5)12(14)18/h7-9,12,18H,6H2,1-5H3/t7-,8+,9-,12+,14+,15-/m1/s1. The molecule has 100 valence electrons. The summed E-state index contributed by atoms with van der Waals surface area (Å²) in [5.74, 6) is -0.0638. The Morgan fingerprint density at radius 1 is 1.11 bits per heavy atom. The van der Waals surface area contributed by atoms with Crippen LogP contribution in [0.3, 0.4) is 0 Å². The summed E-state index contributed by atoms with van der Waals surface area (Å²) >= 11 is 0. The van der Waals surface area contributed by atoms with Gasteiger partial charge in [0.1, 0.15) is 0 Å². The summed E-state index contributed by atoms with van der Waals surface area (Å²) < 4.78 is 0. The van der Waals surface area contributed by atoms with Crippen LogP contribution in [0.1, 0.15) is 41.0 Å². The zero-order valence-corrected chi connectivity index (χ0v) is 11.8. The fraction of sp³-hybridized carbons (Fsp3) is 0.867. The highest BCUT2D eigenvalue weighted by atomic mass is 16.3. The van der Waals surface area contributed by atoms with Crippen molar-refractivity contribution in [3.05, 3.63) is 0 Å². The average molecular weight is 250 g/mol. The predicted molar refractivity (Wildman–Crippen MR) is 66.8 cm³/mol. The number of Topliss-reactive ketones (excluding diaryl/α,β-unsaturated/α-hetero) is 2. The lowest BCUT2D eigenvalue weighted by Gasteiger charge is -2.68. The molecule has 4 saturated carbocycles. The van der Waals surface area contributed by atoms with Crippen LogP contribution < -0.4 is 0 Å². The molecule has 18 heavy (non-hydrogen) atoms. The van der Waals surface area contributed by atoms with E-state index in [1.807, 2.05) is 27.7 Å². The molecule has 0 aliphatic heterocycles. The molecule has 3 nitrogen and oxygen atoms in total. The Hall–Kier alpha value is -0.700. The van der Waals surface area contributed by atoms with Gasteiger partial charge in [-0.1, -0.05) is 27.7 Å². The number of hydrogen-bond donors (Lipinski definition) is 1. The Balaban J connectivity index is 2.27. The Kier molecular flexibility index (Phi) is 1.99. The molecule has 0 unspecified atom stereocenters. The van der Waals surface area contributed by atoms with Gasteiger partial charge in [-0.3, -0.25) is 9.59 Å². The fourth-order valence-corrected chi connectivity index (χ4v) is 5.23. The highest BCUT2D eigenvalue weighted by Gasteiger charge is 2.76. The van der Waals surface area contributed by atoms with Gasteiger partial charge in [-0.05, 0) is 30.6 Å². The zero-order valence-electron chi connectivity index (χ0n) is 11.8. The highest BCUT2D eigenvalue weighted by Crippen LogP contribution is 2.69. The monoisotopic (exact) mass is 250 g/mol. The molecule has 6 atom stereocenters. The van der Waals surface area contributed by atoms with E-state index in [1.165, 1.54) is 0 Å². The van der Waals surface area contributed by atoms with Gasteiger partial charge in [-0.2, -0.15) is 0 Å². The number of rotatable bonds is 0. The minimum absolute atomic E-state index is 0.0223. The van der Waals surface area contributed by atoms with Gasteiger partial charge in [0, 0.05) is 0 Å². The maximum Gasteiger partial charge on any atom is 0.152 e. The molecule has 3 heteroatoms. The van der Waals surface area contributed by atoms with E-state index >= 15 is 0 Å². The predicted octanol–water partition coefficient (Wildman–Crippen LogP) is 1.82. The van der Waals surface area contributed by atoms with E-state index in [9.17, 15) is 14.7 Å². The molecule has 0 amide bonds. The number of aliphatic hydroxyl groups is 1. The van der Waals surface area contributed by atoms with Crippen molar-refractivity contribution >= 4 is 11.6 Å². The number of carbonyl (C=O) groups excluding carboxylic acids is 2. The normalized spacial score (nSPS) is 57.2. The lowest BCUT2D eigenvalue weighted by molar-refractivity contribution is -0.232. The van der Waals surface area contributed by atoms with E-state index in [4.69, 9.17) is 0 Å². The van der Waals surface area contributed by atoms with Crippen LogP contribution >= 0.6 is 0 Å². The first kappa shape index (κ1) is 12.3. The first-order chi connectivity index (χ1) is 8.09. The van der Waals surface area contributed by atoms with E-state index < -0.39 is 22.9 Å². The van der Waals surface area contributed by atoms with Crippen molar-refractivity contribution in [1.29, 1.82) is 0 Å². The summed E-state index contributed by atoms with van der Waals surface area (Å²) in [6, 6.07) is 0. The number of ketones is 2. The van der Waals surface area contributed by atoms with E-state index in [2.05, 4.69) is 6.92 Å². The molecule has 0 aromatic rings. The molecular formula is C15H22O3. The molecular weight excluding hydrogens is 228 g/mol. The van der Waals surface area contributed by atoms with Gasteiger partial charge in [0.05, 0.1) is 22.9 Å². The van der Waals surface area contributed by atoms with E-state index in [1.54, 1.807) is 0 Å². The summed E-state index contributed by atoms with van der Waals surface area (Å²) in [4.78, 5) is 25.3.